The van der Waals surface area contributed by atoms with Crippen molar-refractivity contribution in [3.63, 3.8) is 0 Å². The van der Waals surface area contributed by atoms with Crippen molar-refractivity contribution in [3.8, 4) is 5.75 Å². The third-order valence-electron chi connectivity index (χ3n) is 3.93. The van der Waals surface area contributed by atoms with Crippen LogP contribution < -0.4 is 14.4 Å². The largest absolute Gasteiger partial charge is 0.494 e. The number of halogens is 2. The monoisotopic (exact) mass is 444 g/mol. The lowest BCUT2D eigenvalue weighted by Crippen LogP contribution is -2.41. The van der Waals surface area contributed by atoms with E-state index in [9.17, 15) is 13.2 Å². The number of anilines is 1. The number of nitrogens with zero attached hydrogens (tertiary/aromatic N) is 1. The van der Waals surface area contributed by atoms with E-state index in [0.29, 0.717) is 11.6 Å². The van der Waals surface area contributed by atoms with Crippen molar-refractivity contribution in [2.45, 2.75) is 19.9 Å². The van der Waals surface area contributed by atoms with Gasteiger partial charge in [-0.15, -0.1) is 0 Å². The van der Waals surface area contributed by atoms with Crippen molar-refractivity contribution in [2.24, 2.45) is 0 Å². The molecule has 2 aromatic carbocycles. The molecule has 0 saturated heterocycles. The minimum Gasteiger partial charge on any atom is -0.494 e. The van der Waals surface area contributed by atoms with Crippen molar-refractivity contribution in [2.75, 3.05) is 23.7 Å². The highest BCUT2D eigenvalue weighted by Crippen LogP contribution is 2.30. The van der Waals surface area contributed by atoms with Gasteiger partial charge in [0.15, 0.2) is 0 Å². The van der Waals surface area contributed by atoms with E-state index in [0.717, 1.165) is 21.9 Å². The van der Waals surface area contributed by atoms with Gasteiger partial charge in [0.1, 0.15) is 12.3 Å². The average Bonchev–Trinajstić information content (AvgIpc) is 2.60. The van der Waals surface area contributed by atoms with Gasteiger partial charge < -0.3 is 10.1 Å². The van der Waals surface area contributed by atoms with E-state index in [4.69, 9.17) is 27.9 Å². The smallest absolute Gasteiger partial charge is 0.241 e. The molecule has 6 nitrogen and oxygen atoms in total. The van der Waals surface area contributed by atoms with Crippen molar-refractivity contribution in [1.29, 1.82) is 0 Å². The summed E-state index contributed by atoms with van der Waals surface area (Å²) in [6.07, 6.45) is 1.01. The number of hydrogen-bond donors (Lipinski definition) is 1. The standard InChI is InChI=1S/C19H22Cl2N2O4S/c1-4-27-16-8-5-14(6-9-16)13(2)22-19(24)12-23(28(3,25)26)18-10-7-15(20)11-17(18)21/h5-11,13H,4,12H2,1-3H3,(H,22,24)/t13-/m0/s1. The number of rotatable bonds is 8. The molecule has 0 aromatic heterocycles. The van der Waals surface area contributed by atoms with Crippen LogP contribution in [0.1, 0.15) is 25.5 Å². The van der Waals surface area contributed by atoms with E-state index in [1.165, 1.54) is 18.2 Å². The first kappa shape index (κ1) is 22.3. The molecule has 152 valence electrons. The maximum absolute atomic E-state index is 12.5. The summed E-state index contributed by atoms with van der Waals surface area (Å²) in [5.41, 5.74) is 1.06. The summed E-state index contributed by atoms with van der Waals surface area (Å²) in [7, 11) is -3.73. The highest BCUT2D eigenvalue weighted by Gasteiger charge is 2.24. The van der Waals surface area contributed by atoms with Crippen LogP contribution in [0.4, 0.5) is 5.69 Å². The molecule has 2 aromatic rings. The number of nitrogens with one attached hydrogen (secondary N) is 1. The van der Waals surface area contributed by atoms with Crippen LogP contribution in [0.2, 0.25) is 10.0 Å². The molecule has 0 saturated carbocycles. The van der Waals surface area contributed by atoms with Gasteiger partial charge in [0, 0.05) is 5.02 Å². The highest BCUT2D eigenvalue weighted by atomic mass is 35.5. The van der Waals surface area contributed by atoms with Gasteiger partial charge in [-0.25, -0.2) is 8.42 Å². The Morgan fingerprint density at radius 2 is 1.82 bits per heavy atom. The molecule has 1 atom stereocenters. The normalized spacial score (nSPS) is 12.3. The summed E-state index contributed by atoms with van der Waals surface area (Å²) in [6.45, 7) is 3.88. The third kappa shape index (κ3) is 6.02. The second-order valence-electron chi connectivity index (χ2n) is 6.16. The maximum atomic E-state index is 12.5. The molecule has 0 aliphatic carbocycles. The summed E-state index contributed by atoms with van der Waals surface area (Å²) in [5, 5.41) is 3.31. The molecular weight excluding hydrogens is 423 g/mol. The number of sulfonamides is 1. The van der Waals surface area contributed by atoms with Gasteiger partial charge in [-0.05, 0) is 49.7 Å². The Kier molecular flexibility index (Phi) is 7.57. The number of carbonyl (C=O) groups excluding carboxylic acids is 1. The zero-order valence-corrected chi connectivity index (χ0v) is 18.1. The Morgan fingerprint density at radius 3 is 2.36 bits per heavy atom. The summed E-state index contributed by atoms with van der Waals surface area (Å²) in [6, 6.07) is 11.4. The van der Waals surface area contributed by atoms with E-state index < -0.39 is 22.5 Å². The van der Waals surface area contributed by atoms with Gasteiger partial charge in [0.05, 0.1) is 29.6 Å². The SMILES string of the molecule is CCOc1ccc([C@H](C)NC(=O)CN(c2ccc(Cl)cc2Cl)S(C)(=O)=O)cc1. The topological polar surface area (TPSA) is 75.7 Å². The molecule has 0 radical (unpaired) electrons. The summed E-state index contributed by atoms with van der Waals surface area (Å²) < 4.78 is 30.7. The fourth-order valence-electron chi connectivity index (χ4n) is 2.58. The quantitative estimate of drug-likeness (QED) is 0.666. The van der Waals surface area contributed by atoms with Gasteiger partial charge in [-0.2, -0.15) is 0 Å². The first-order chi connectivity index (χ1) is 13.1. The Morgan fingerprint density at radius 1 is 1.18 bits per heavy atom. The molecule has 2 rings (SSSR count). The molecule has 0 aliphatic rings. The Labute approximate surface area is 175 Å². The average molecular weight is 445 g/mol. The van der Waals surface area contributed by atoms with Crippen molar-refractivity contribution >= 4 is 44.8 Å². The van der Waals surface area contributed by atoms with Crippen LogP contribution in [0.15, 0.2) is 42.5 Å². The second kappa shape index (κ2) is 9.49. The molecule has 9 heteroatoms. The zero-order valence-electron chi connectivity index (χ0n) is 15.8. The van der Waals surface area contributed by atoms with Crippen LogP contribution in [0.25, 0.3) is 0 Å². The van der Waals surface area contributed by atoms with Crippen LogP contribution in [0, 0.1) is 0 Å². The van der Waals surface area contributed by atoms with Gasteiger partial charge >= 0.3 is 0 Å². The number of hydrogen-bond acceptors (Lipinski definition) is 4. The second-order valence-corrected chi connectivity index (χ2v) is 8.91. The predicted molar refractivity (Wildman–Crippen MR) is 113 cm³/mol. The zero-order chi connectivity index (χ0) is 20.9. The van der Waals surface area contributed by atoms with Gasteiger partial charge in [-0.3, -0.25) is 9.10 Å². The maximum Gasteiger partial charge on any atom is 0.241 e. The van der Waals surface area contributed by atoms with Crippen molar-refractivity contribution in [3.05, 3.63) is 58.1 Å². The molecule has 0 heterocycles. The molecule has 0 spiro atoms. The summed E-state index contributed by atoms with van der Waals surface area (Å²) >= 11 is 12.0. The van der Waals surface area contributed by atoms with Gasteiger partial charge in [-0.1, -0.05) is 35.3 Å². The van der Waals surface area contributed by atoms with Crippen LogP contribution in [-0.2, 0) is 14.8 Å². The lowest BCUT2D eigenvalue weighted by atomic mass is 10.1. The Bertz CT molecular complexity index is 933. The van der Waals surface area contributed by atoms with Crippen molar-refractivity contribution in [1.82, 2.24) is 5.32 Å². The summed E-state index contributed by atoms with van der Waals surface area (Å²) in [5.74, 6) is 0.281. The summed E-state index contributed by atoms with van der Waals surface area (Å²) in [4.78, 5) is 12.5. The lowest BCUT2D eigenvalue weighted by molar-refractivity contribution is -0.120. The van der Waals surface area contributed by atoms with Gasteiger partial charge in [0.2, 0.25) is 15.9 Å². The highest BCUT2D eigenvalue weighted by molar-refractivity contribution is 7.92. The third-order valence-corrected chi connectivity index (χ3v) is 5.60. The van der Waals surface area contributed by atoms with E-state index in [1.807, 2.05) is 38.1 Å². The molecule has 1 N–H and O–H groups in total. The van der Waals surface area contributed by atoms with Crippen molar-refractivity contribution < 1.29 is 17.9 Å². The first-order valence-electron chi connectivity index (χ1n) is 8.56. The molecule has 28 heavy (non-hydrogen) atoms. The fraction of sp³-hybridized carbons (Fsp3) is 0.316. The number of ether oxygens (including phenoxy) is 1. The molecule has 0 bridgehead atoms. The van der Waals surface area contributed by atoms with Crippen LogP contribution in [0.5, 0.6) is 5.75 Å². The first-order valence-corrected chi connectivity index (χ1v) is 11.2. The predicted octanol–water partition coefficient (Wildman–Crippen LogP) is 4.04. The molecule has 1 amide bonds. The van der Waals surface area contributed by atoms with E-state index in [2.05, 4.69) is 5.32 Å². The van der Waals surface area contributed by atoms with Gasteiger partial charge in [0.25, 0.3) is 0 Å². The number of benzene rings is 2. The number of carbonyl (C=O) groups is 1. The molecule has 0 fully saturated rings. The minimum absolute atomic E-state index is 0.144. The van der Waals surface area contributed by atoms with E-state index in [-0.39, 0.29) is 16.8 Å². The minimum atomic E-state index is -3.73. The Hall–Kier alpha value is -1.96. The molecular formula is C19H22Cl2N2O4S. The number of amides is 1. The molecule has 0 unspecified atom stereocenters. The Balaban J connectivity index is 2.13. The fourth-order valence-corrected chi connectivity index (χ4v) is 4.01. The van der Waals surface area contributed by atoms with E-state index in [1.54, 1.807) is 0 Å². The lowest BCUT2D eigenvalue weighted by Gasteiger charge is -2.24. The molecule has 0 aliphatic heterocycles. The van der Waals surface area contributed by atoms with Crippen LogP contribution in [-0.4, -0.2) is 33.7 Å². The van der Waals surface area contributed by atoms with Crippen LogP contribution in [0.3, 0.4) is 0 Å². The van der Waals surface area contributed by atoms with Crippen LogP contribution >= 0.6 is 23.2 Å². The van der Waals surface area contributed by atoms with E-state index >= 15 is 0 Å².